The summed E-state index contributed by atoms with van der Waals surface area (Å²) in [5.74, 6) is 0.427. The second-order valence-electron chi connectivity index (χ2n) is 6.51. The molecule has 1 aliphatic carbocycles. The molecule has 1 heterocycles. The highest BCUT2D eigenvalue weighted by Crippen LogP contribution is 2.52. The van der Waals surface area contributed by atoms with Crippen LogP contribution in [0.15, 0.2) is 18.2 Å². The number of phenols is 1. The molecule has 4 rings (SSSR count). The number of nitrogens with one attached hydrogen (secondary N) is 1. The van der Waals surface area contributed by atoms with E-state index in [2.05, 4.69) is 9.50 Å². The maximum Gasteiger partial charge on any atom is 0.446 e. The van der Waals surface area contributed by atoms with Crippen molar-refractivity contribution in [1.29, 1.82) is 0 Å². The van der Waals surface area contributed by atoms with E-state index < -0.39 is 10.4 Å². The summed E-state index contributed by atoms with van der Waals surface area (Å²) < 4.78 is 46.6. The van der Waals surface area contributed by atoms with Crippen molar-refractivity contribution in [3.63, 3.8) is 0 Å². The summed E-state index contributed by atoms with van der Waals surface area (Å²) in [5, 5.41) is 14.2. The lowest BCUT2D eigenvalue weighted by Crippen LogP contribution is -2.33. The zero-order valence-corrected chi connectivity index (χ0v) is 15.6. The van der Waals surface area contributed by atoms with Crippen molar-refractivity contribution < 1.29 is 31.7 Å². The van der Waals surface area contributed by atoms with Crippen LogP contribution < -0.4 is 19.0 Å². The number of methoxy groups -OCH3 is 2. The van der Waals surface area contributed by atoms with Crippen LogP contribution in [-0.2, 0) is 23.2 Å². The van der Waals surface area contributed by atoms with E-state index in [9.17, 15) is 13.5 Å². The Morgan fingerprint density at radius 2 is 1.78 bits per heavy atom. The van der Waals surface area contributed by atoms with Crippen LogP contribution in [0.1, 0.15) is 22.7 Å². The first-order valence-corrected chi connectivity index (χ1v) is 9.73. The maximum absolute atomic E-state index is 11.2. The summed E-state index contributed by atoms with van der Waals surface area (Å²) >= 11 is 0. The molecule has 0 bridgehead atoms. The lowest BCUT2D eigenvalue weighted by Gasteiger charge is -2.35. The van der Waals surface area contributed by atoms with E-state index >= 15 is 0 Å². The number of ether oxygens (including phenoxy) is 2. The van der Waals surface area contributed by atoms with Gasteiger partial charge in [-0.15, -0.1) is 0 Å². The van der Waals surface area contributed by atoms with Gasteiger partial charge in [0.1, 0.15) is 0 Å². The summed E-state index contributed by atoms with van der Waals surface area (Å²) in [6.45, 7) is 0.783. The second-order valence-corrected chi connectivity index (χ2v) is 7.53. The monoisotopic (exact) mass is 393 g/mol. The van der Waals surface area contributed by atoms with Crippen LogP contribution in [0.3, 0.4) is 0 Å². The van der Waals surface area contributed by atoms with Crippen LogP contribution in [0.4, 0.5) is 0 Å². The topological polar surface area (TPSA) is 114 Å². The van der Waals surface area contributed by atoms with E-state index in [0.717, 1.165) is 29.7 Å². The normalized spacial score (nSPS) is 17.7. The van der Waals surface area contributed by atoms with E-state index in [1.807, 2.05) is 6.07 Å². The van der Waals surface area contributed by atoms with Crippen LogP contribution in [0, 0.1) is 0 Å². The van der Waals surface area contributed by atoms with E-state index in [1.165, 1.54) is 20.3 Å². The molecule has 0 amide bonds. The number of fused-ring (bicyclic) bond motifs is 2. The van der Waals surface area contributed by atoms with Gasteiger partial charge in [-0.05, 0) is 59.8 Å². The fourth-order valence-electron chi connectivity index (χ4n) is 3.97. The van der Waals surface area contributed by atoms with Crippen molar-refractivity contribution in [3.05, 3.63) is 34.9 Å². The van der Waals surface area contributed by atoms with Gasteiger partial charge in [0.05, 0.1) is 14.2 Å². The van der Waals surface area contributed by atoms with Crippen LogP contribution >= 0.6 is 0 Å². The molecule has 8 nitrogen and oxygen atoms in total. The van der Waals surface area contributed by atoms with Crippen molar-refractivity contribution in [1.82, 2.24) is 5.32 Å². The van der Waals surface area contributed by atoms with Gasteiger partial charge in [0, 0.05) is 11.6 Å². The van der Waals surface area contributed by atoms with Crippen molar-refractivity contribution in [2.75, 3.05) is 20.8 Å². The fraction of sp³-hybridized carbons (Fsp3) is 0.333. The third-order valence-electron chi connectivity index (χ3n) is 5.02. The molecule has 0 unspecified atom stereocenters. The summed E-state index contributed by atoms with van der Waals surface area (Å²) in [4.78, 5) is 0. The molecule has 144 valence electrons. The van der Waals surface area contributed by atoms with Gasteiger partial charge in [-0.1, -0.05) is 0 Å². The first-order chi connectivity index (χ1) is 12.8. The SMILES string of the molecule is COc1cc2c(cc1OS(=O)(=O)O)C[C@@H]1NCCc3cc(OC)c(O)c-2c31. The molecule has 2 aliphatic rings. The zero-order chi connectivity index (χ0) is 19.3. The summed E-state index contributed by atoms with van der Waals surface area (Å²) in [6, 6.07) is 4.95. The predicted molar refractivity (Wildman–Crippen MR) is 97.0 cm³/mol. The van der Waals surface area contributed by atoms with Gasteiger partial charge in [-0.3, -0.25) is 4.55 Å². The van der Waals surface area contributed by atoms with Crippen molar-refractivity contribution in [2.24, 2.45) is 0 Å². The average molecular weight is 393 g/mol. The molecule has 1 aliphatic heterocycles. The average Bonchev–Trinajstić information content (AvgIpc) is 2.61. The number of hydrogen-bond donors (Lipinski definition) is 3. The summed E-state index contributed by atoms with van der Waals surface area (Å²) in [5.41, 5.74) is 4.22. The van der Waals surface area contributed by atoms with E-state index in [0.29, 0.717) is 23.3 Å². The van der Waals surface area contributed by atoms with Gasteiger partial charge in [0.25, 0.3) is 0 Å². The van der Waals surface area contributed by atoms with Gasteiger partial charge >= 0.3 is 10.4 Å². The Balaban J connectivity index is 1.98. The summed E-state index contributed by atoms with van der Waals surface area (Å²) in [7, 11) is -1.83. The molecule has 3 N–H and O–H groups in total. The minimum Gasteiger partial charge on any atom is -0.504 e. The number of rotatable bonds is 4. The third kappa shape index (κ3) is 2.97. The van der Waals surface area contributed by atoms with Gasteiger partial charge in [-0.2, -0.15) is 8.42 Å². The lowest BCUT2D eigenvalue weighted by molar-refractivity contribution is 0.359. The van der Waals surface area contributed by atoms with Gasteiger partial charge in [-0.25, -0.2) is 0 Å². The van der Waals surface area contributed by atoms with Crippen molar-refractivity contribution >= 4 is 10.4 Å². The Hall–Kier alpha value is -2.49. The smallest absolute Gasteiger partial charge is 0.446 e. The highest BCUT2D eigenvalue weighted by Gasteiger charge is 2.34. The van der Waals surface area contributed by atoms with Crippen LogP contribution in [-0.4, -0.2) is 38.8 Å². The number of aromatic hydroxyl groups is 1. The van der Waals surface area contributed by atoms with Gasteiger partial charge in [0.15, 0.2) is 23.0 Å². The Morgan fingerprint density at radius 1 is 1.07 bits per heavy atom. The minimum atomic E-state index is -4.70. The molecule has 0 spiro atoms. The van der Waals surface area contributed by atoms with Crippen molar-refractivity contribution in [3.8, 4) is 34.1 Å². The highest BCUT2D eigenvalue weighted by atomic mass is 32.3. The van der Waals surface area contributed by atoms with Crippen LogP contribution in [0.25, 0.3) is 11.1 Å². The first-order valence-electron chi connectivity index (χ1n) is 8.36. The molecule has 2 aromatic rings. The molecule has 0 fully saturated rings. The molecule has 9 heteroatoms. The minimum absolute atomic E-state index is 0.0244. The summed E-state index contributed by atoms with van der Waals surface area (Å²) in [6.07, 6.45) is 1.39. The van der Waals surface area contributed by atoms with E-state index in [4.69, 9.17) is 14.0 Å². The van der Waals surface area contributed by atoms with Gasteiger partial charge in [0.2, 0.25) is 0 Å². The van der Waals surface area contributed by atoms with E-state index in [-0.39, 0.29) is 23.3 Å². The zero-order valence-electron chi connectivity index (χ0n) is 14.8. The second kappa shape index (κ2) is 6.29. The van der Waals surface area contributed by atoms with Crippen molar-refractivity contribution in [2.45, 2.75) is 18.9 Å². The molecular weight excluding hydrogens is 374 g/mol. The van der Waals surface area contributed by atoms with E-state index in [1.54, 1.807) is 6.07 Å². The third-order valence-corrected chi connectivity index (χ3v) is 5.41. The first kappa shape index (κ1) is 17.9. The Bertz CT molecular complexity index is 1030. The molecule has 1 atom stereocenters. The largest absolute Gasteiger partial charge is 0.504 e. The molecule has 0 aromatic heterocycles. The predicted octanol–water partition coefficient (Wildman–Crippen LogP) is 2.00. The number of hydrogen-bond acceptors (Lipinski definition) is 7. The van der Waals surface area contributed by atoms with Crippen LogP contribution in [0.2, 0.25) is 0 Å². The lowest BCUT2D eigenvalue weighted by atomic mass is 9.77. The molecular formula is C18H19NO7S. The number of phenolic OH excluding ortho intramolecular Hbond substituents is 1. The molecule has 0 radical (unpaired) electrons. The molecule has 27 heavy (non-hydrogen) atoms. The fourth-order valence-corrected chi connectivity index (χ4v) is 4.32. The van der Waals surface area contributed by atoms with Crippen LogP contribution in [0.5, 0.6) is 23.0 Å². The molecule has 2 aromatic carbocycles. The Kier molecular flexibility index (Phi) is 4.17. The Morgan fingerprint density at radius 3 is 2.44 bits per heavy atom. The molecule has 0 saturated carbocycles. The Labute approximate surface area is 156 Å². The quantitative estimate of drug-likeness (QED) is 0.676. The standard InChI is InChI=1S/C18H19NO7S/c1-24-13-8-11-10(7-14(13)26-27(21,22)23)5-12-16-9(3-4-19-12)6-15(25-2)18(20)17(11)16/h6-8,12,19-20H,3-5H2,1-2H3,(H,21,22,23)/t12-/m0/s1. The highest BCUT2D eigenvalue weighted by molar-refractivity contribution is 7.81. The number of benzene rings is 2. The maximum atomic E-state index is 11.2. The van der Waals surface area contributed by atoms with Gasteiger partial charge < -0.3 is 24.1 Å². The molecule has 0 saturated heterocycles.